The van der Waals surface area contributed by atoms with Gasteiger partial charge in [-0.15, -0.1) is 0 Å². The number of halogens is 1. The summed E-state index contributed by atoms with van der Waals surface area (Å²) in [6, 6.07) is 10.6. The number of nitrogens with one attached hydrogen (secondary N) is 3. The van der Waals surface area contributed by atoms with Crippen LogP contribution in [0.5, 0.6) is 5.75 Å². The van der Waals surface area contributed by atoms with Gasteiger partial charge in [0.1, 0.15) is 24.0 Å². The maximum atomic E-state index is 15.4. The zero-order valence-electron chi connectivity index (χ0n) is 28.0. The number of aromatic nitrogens is 2. The minimum Gasteiger partial charge on any atom is -0.506 e. The van der Waals surface area contributed by atoms with E-state index in [2.05, 4.69) is 20.4 Å². The molecule has 4 aliphatic rings. The minimum atomic E-state index is -4.34. The van der Waals surface area contributed by atoms with Crippen molar-refractivity contribution >= 4 is 72.7 Å². The Morgan fingerprint density at radius 3 is 2.46 bits per heavy atom. The summed E-state index contributed by atoms with van der Waals surface area (Å²) in [7, 11) is -2.66. The number of imidazole rings is 1. The number of fused-ring (bicyclic) bond motifs is 2. The van der Waals surface area contributed by atoms with Crippen LogP contribution in [0.4, 0.5) is 21.5 Å². The van der Waals surface area contributed by atoms with Crippen molar-refractivity contribution in [2.45, 2.75) is 31.7 Å². The third-order valence-corrected chi connectivity index (χ3v) is 12.0. The van der Waals surface area contributed by atoms with Crippen molar-refractivity contribution in [3.63, 3.8) is 0 Å². The summed E-state index contributed by atoms with van der Waals surface area (Å²) in [5.74, 6) is -3.59. The van der Waals surface area contributed by atoms with E-state index >= 15 is 4.39 Å². The van der Waals surface area contributed by atoms with Gasteiger partial charge < -0.3 is 15.3 Å². The molecule has 18 heteroatoms. The first-order valence-electron chi connectivity index (χ1n) is 16.8. The summed E-state index contributed by atoms with van der Waals surface area (Å²) in [5.41, 5.74) is 1.84. The lowest BCUT2D eigenvalue weighted by Crippen LogP contribution is -2.61. The Morgan fingerprint density at radius 1 is 1.02 bits per heavy atom. The smallest absolute Gasteiger partial charge is 0.329 e. The number of likely N-dealkylation sites (tertiary alicyclic amines) is 1. The SMILES string of the molecule is Cn1c(=O)n(C2CCC(=O)NC2=O)c2ccc(N3CCC4(CC3)CN(CC(=O)Nc3ccc5c(F)c(N6CC(=O)NS6(=O)=O)c(O)cc5c3)C4)cc21. The molecule has 16 nitrogen and oxygen atoms in total. The molecule has 0 aliphatic carbocycles. The van der Waals surface area contributed by atoms with Gasteiger partial charge >= 0.3 is 15.9 Å². The molecule has 4 aliphatic heterocycles. The van der Waals surface area contributed by atoms with Crippen LogP contribution in [0.25, 0.3) is 21.8 Å². The number of benzene rings is 3. The largest absolute Gasteiger partial charge is 0.506 e. The Bertz CT molecular complexity index is 2390. The third kappa shape index (κ3) is 5.61. The summed E-state index contributed by atoms with van der Waals surface area (Å²) in [5, 5.41) is 15.9. The Labute approximate surface area is 295 Å². The van der Waals surface area contributed by atoms with Crippen molar-refractivity contribution < 1.29 is 37.1 Å². The highest BCUT2D eigenvalue weighted by atomic mass is 32.2. The van der Waals surface area contributed by atoms with Gasteiger partial charge in [-0.25, -0.2) is 18.2 Å². The standard InChI is InChI=1S/C34H35FN8O8S/c1-39-25-14-21(3-5-23(25)43(33(39)49)24-6-7-27(45)37-32(24)48)41-10-8-34(9-11-41)17-40(18-34)15-28(46)36-20-2-4-22-19(12-20)13-26(44)31(30(22)35)42-16-29(47)38-52(42,50)51/h2-5,12-14,24,44H,6-11,15-18H2,1H3,(H,36,46)(H,38,47)(H,37,45,48). The van der Waals surface area contributed by atoms with Crippen molar-refractivity contribution in [3.05, 3.63) is 58.8 Å². The molecule has 4 aromatic rings. The summed E-state index contributed by atoms with van der Waals surface area (Å²) < 4.78 is 45.1. The number of anilines is 3. The molecule has 1 spiro atoms. The number of carbonyl (C=O) groups excluding carboxylic acids is 4. The van der Waals surface area contributed by atoms with Gasteiger partial charge in [0.05, 0.1) is 17.6 Å². The molecule has 4 fully saturated rings. The van der Waals surface area contributed by atoms with E-state index in [0.717, 1.165) is 44.7 Å². The third-order valence-electron chi connectivity index (χ3n) is 10.7. The first-order chi connectivity index (χ1) is 24.7. The van der Waals surface area contributed by atoms with E-state index in [4.69, 9.17) is 0 Å². The molecule has 0 bridgehead atoms. The molecule has 0 radical (unpaired) electrons. The number of hydrogen-bond acceptors (Lipinski definition) is 10. The van der Waals surface area contributed by atoms with Crippen LogP contribution in [-0.2, 0) is 36.4 Å². The number of amides is 4. The Kier molecular flexibility index (Phi) is 7.79. The van der Waals surface area contributed by atoms with Crippen LogP contribution in [0.1, 0.15) is 31.7 Å². The molecule has 1 unspecified atom stereocenters. The van der Waals surface area contributed by atoms with Crippen LogP contribution in [0.3, 0.4) is 0 Å². The monoisotopic (exact) mass is 734 g/mol. The highest BCUT2D eigenvalue weighted by Gasteiger charge is 2.45. The average molecular weight is 735 g/mol. The van der Waals surface area contributed by atoms with Crippen molar-refractivity contribution in [1.82, 2.24) is 24.1 Å². The van der Waals surface area contributed by atoms with E-state index in [0.29, 0.717) is 21.0 Å². The molecule has 5 heterocycles. The van der Waals surface area contributed by atoms with Crippen LogP contribution in [0, 0.1) is 11.2 Å². The lowest BCUT2D eigenvalue weighted by molar-refractivity contribution is -0.135. The van der Waals surface area contributed by atoms with Crippen molar-refractivity contribution in [2.24, 2.45) is 12.5 Å². The first-order valence-corrected chi connectivity index (χ1v) is 18.3. The van der Waals surface area contributed by atoms with Crippen LogP contribution in [0.2, 0.25) is 0 Å². The molecule has 1 atom stereocenters. The number of imide groups is 1. The van der Waals surface area contributed by atoms with E-state index in [9.17, 15) is 37.5 Å². The van der Waals surface area contributed by atoms with Crippen LogP contribution in [0.15, 0.2) is 47.3 Å². The molecule has 4 N–H and O–H groups in total. The molecule has 4 saturated heterocycles. The maximum absolute atomic E-state index is 15.4. The average Bonchev–Trinajstić information content (AvgIpc) is 3.49. The summed E-state index contributed by atoms with van der Waals surface area (Å²) in [6.07, 6.45) is 2.29. The molecule has 1 aromatic heterocycles. The lowest BCUT2D eigenvalue weighted by atomic mass is 9.72. The van der Waals surface area contributed by atoms with E-state index in [1.807, 2.05) is 18.2 Å². The number of nitrogens with zero attached hydrogens (tertiary/aromatic N) is 5. The molecule has 0 saturated carbocycles. The van der Waals surface area contributed by atoms with E-state index in [-0.39, 0.29) is 53.1 Å². The lowest BCUT2D eigenvalue weighted by Gasteiger charge is -2.54. The summed E-state index contributed by atoms with van der Waals surface area (Å²) in [4.78, 5) is 66.3. The van der Waals surface area contributed by atoms with E-state index in [1.54, 1.807) is 11.8 Å². The minimum absolute atomic E-state index is 0.00553. The number of hydrogen-bond donors (Lipinski definition) is 4. The first kappa shape index (κ1) is 33.6. The molecule has 4 amide bonds. The van der Waals surface area contributed by atoms with Gasteiger partial charge in [-0.3, -0.25) is 38.5 Å². The summed E-state index contributed by atoms with van der Waals surface area (Å²) in [6.45, 7) is 2.61. The fraction of sp³-hybridized carbons (Fsp3) is 0.382. The maximum Gasteiger partial charge on any atom is 0.329 e. The van der Waals surface area contributed by atoms with Gasteiger partial charge in [0.2, 0.25) is 17.7 Å². The Morgan fingerprint density at radius 2 is 1.77 bits per heavy atom. The van der Waals surface area contributed by atoms with Gasteiger partial charge in [0.25, 0.3) is 5.91 Å². The highest BCUT2D eigenvalue weighted by molar-refractivity contribution is 7.92. The van der Waals surface area contributed by atoms with Gasteiger partial charge in [0, 0.05) is 56.4 Å². The van der Waals surface area contributed by atoms with Gasteiger partial charge in [-0.05, 0) is 72.5 Å². The number of phenols is 1. The molecule has 3 aromatic carbocycles. The Hall–Kier alpha value is -5.49. The number of aryl methyl sites for hydroxylation is 1. The van der Waals surface area contributed by atoms with E-state index in [1.165, 1.54) is 33.4 Å². The fourth-order valence-electron chi connectivity index (χ4n) is 8.05. The van der Waals surface area contributed by atoms with Crippen LogP contribution in [-0.4, -0.2) is 90.5 Å². The molecule has 272 valence electrons. The van der Waals surface area contributed by atoms with Crippen molar-refractivity contribution in [1.29, 1.82) is 0 Å². The van der Waals surface area contributed by atoms with E-state index < -0.39 is 51.9 Å². The Balaban J connectivity index is 0.875. The van der Waals surface area contributed by atoms with Crippen molar-refractivity contribution in [2.75, 3.05) is 53.8 Å². The second-order valence-electron chi connectivity index (χ2n) is 14.1. The predicted molar refractivity (Wildman–Crippen MR) is 188 cm³/mol. The zero-order valence-corrected chi connectivity index (χ0v) is 28.8. The van der Waals surface area contributed by atoms with Gasteiger partial charge in [0.15, 0.2) is 5.82 Å². The predicted octanol–water partition coefficient (Wildman–Crippen LogP) is 1.04. The second kappa shape index (κ2) is 12.0. The highest BCUT2D eigenvalue weighted by Crippen LogP contribution is 2.42. The number of carbonyl (C=O) groups is 4. The normalized spacial score (nSPS) is 21.4. The molecule has 8 rings (SSSR count). The summed E-state index contributed by atoms with van der Waals surface area (Å²) >= 11 is 0. The van der Waals surface area contributed by atoms with Crippen LogP contribution < -0.4 is 30.3 Å². The van der Waals surface area contributed by atoms with Gasteiger partial charge in [-0.2, -0.15) is 8.42 Å². The van der Waals surface area contributed by atoms with Crippen molar-refractivity contribution in [3.8, 4) is 5.75 Å². The zero-order chi connectivity index (χ0) is 36.7. The van der Waals surface area contributed by atoms with Crippen LogP contribution >= 0.6 is 0 Å². The second-order valence-corrected chi connectivity index (χ2v) is 15.7. The number of piperidine rings is 2. The number of rotatable bonds is 6. The molecular weight excluding hydrogens is 699 g/mol. The molecular formula is C34H35FN8O8S. The number of aromatic hydroxyl groups is 1. The fourth-order valence-corrected chi connectivity index (χ4v) is 9.21. The quantitative estimate of drug-likeness (QED) is 0.208. The van der Waals surface area contributed by atoms with Gasteiger partial charge in [-0.1, -0.05) is 0 Å². The number of phenolic OH excluding ortho intramolecular Hbond substituents is 1. The molecule has 52 heavy (non-hydrogen) atoms. The topological polar surface area (TPSA) is 195 Å².